The molecule has 250 valence electrons. The number of benzene rings is 2. The van der Waals surface area contributed by atoms with Crippen LogP contribution in [-0.4, -0.2) is 48.5 Å². The first-order chi connectivity index (χ1) is 23.8. The third-order valence-corrected chi connectivity index (χ3v) is 9.48. The lowest BCUT2D eigenvalue weighted by molar-refractivity contribution is -0.136. The van der Waals surface area contributed by atoms with Crippen molar-refractivity contribution in [1.82, 2.24) is 19.9 Å². The summed E-state index contributed by atoms with van der Waals surface area (Å²) in [5.74, 6) is -2.07. The van der Waals surface area contributed by atoms with Crippen molar-refractivity contribution in [3.63, 3.8) is 0 Å². The maximum Gasteiger partial charge on any atom is 0.355 e. The molecule has 0 saturated heterocycles. The lowest BCUT2D eigenvalue weighted by Gasteiger charge is -2.23. The van der Waals surface area contributed by atoms with Crippen molar-refractivity contribution in [3.05, 3.63) is 136 Å². The molecule has 8 nitrogen and oxygen atoms in total. The molecule has 0 fully saturated rings. The van der Waals surface area contributed by atoms with Gasteiger partial charge in [-0.1, -0.05) is 60.7 Å². The third-order valence-electron chi connectivity index (χ3n) is 9.48. The van der Waals surface area contributed by atoms with E-state index in [9.17, 15) is 14.7 Å². The summed E-state index contributed by atoms with van der Waals surface area (Å²) in [5, 5.41) is 19.1. The molecule has 0 bridgehead atoms. The summed E-state index contributed by atoms with van der Waals surface area (Å²) in [6, 6.07) is 25.2. The monoisotopic (exact) mass is 654 g/mol. The van der Waals surface area contributed by atoms with E-state index in [0.717, 1.165) is 79.8 Å². The highest BCUT2D eigenvalue weighted by Crippen LogP contribution is 2.37. The highest BCUT2D eigenvalue weighted by atomic mass is 16.4. The fourth-order valence-corrected chi connectivity index (χ4v) is 6.83. The van der Waals surface area contributed by atoms with Gasteiger partial charge in [0.1, 0.15) is 0 Å². The van der Waals surface area contributed by atoms with E-state index in [1.54, 1.807) is 6.07 Å². The first-order valence-electron chi connectivity index (χ1n) is 17.0. The van der Waals surface area contributed by atoms with Crippen molar-refractivity contribution < 1.29 is 19.8 Å². The molecule has 3 heterocycles. The largest absolute Gasteiger partial charge is 0.481 e. The number of hydrogen-bond acceptors (Lipinski definition) is 6. The van der Waals surface area contributed by atoms with Crippen LogP contribution in [-0.2, 0) is 43.6 Å². The minimum atomic E-state index is -1.15. The van der Waals surface area contributed by atoms with Crippen molar-refractivity contribution in [2.24, 2.45) is 0 Å². The zero-order valence-electron chi connectivity index (χ0n) is 28.2. The molecular weight excluding hydrogens is 612 g/mol. The predicted octanol–water partition coefficient (Wildman–Crippen LogP) is 7.66. The second kappa shape index (κ2) is 15.3. The van der Waals surface area contributed by atoms with E-state index in [4.69, 9.17) is 15.1 Å². The van der Waals surface area contributed by atoms with Crippen molar-refractivity contribution in [2.75, 3.05) is 6.54 Å². The van der Waals surface area contributed by atoms with Crippen LogP contribution in [0.15, 0.2) is 85.2 Å². The van der Waals surface area contributed by atoms with E-state index in [1.165, 1.54) is 28.5 Å². The number of carbonyl (C=O) groups is 2. The molecule has 1 aliphatic rings. The average Bonchev–Trinajstić information content (AvgIpc) is 3.58. The molecule has 0 aliphatic heterocycles. The number of carboxylic acids is 2. The molecule has 2 N–H and O–H groups in total. The first kappa shape index (κ1) is 33.7. The smallest absolute Gasteiger partial charge is 0.355 e. The predicted molar refractivity (Wildman–Crippen MR) is 190 cm³/mol. The SMILES string of the molecule is Cc1c(-c2nc(CCCN(Cc3ccccc3)Cc3ccccc3)cc3c2CCC3)cnc(-c2cc(CCC(=O)O)cnc2C(=O)O)c1C. The van der Waals surface area contributed by atoms with Crippen LogP contribution < -0.4 is 0 Å². The Morgan fingerprint density at radius 3 is 2.10 bits per heavy atom. The summed E-state index contributed by atoms with van der Waals surface area (Å²) in [5.41, 5.74) is 11.6. The molecule has 0 atom stereocenters. The standard InChI is InChI=1S/C41H42N4O4/c1-27-28(2)38(35-21-31(18-19-37(46)47)23-42-40(35)41(48)49)43-24-36(27)39-34-17-9-15-32(34)22-33(44-39)16-10-20-45(25-29-11-5-3-6-12-29)26-30-13-7-4-8-14-30/h3-8,11-14,21-24H,9-10,15-20,25-26H2,1-2H3,(H,46,47)(H,48,49). The van der Waals surface area contributed by atoms with Crippen molar-refractivity contribution in [1.29, 1.82) is 0 Å². The molecule has 0 spiro atoms. The number of hydrogen-bond donors (Lipinski definition) is 2. The van der Waals surface area contributed by atoms with Crippen LogP contribution >= 0.6 is 0 Å². The van der Waals surface area contributed by atoms with E-state index in [1.807, 2.05) is 20.0 Å². The highest BCUT2D eigenvalue weighted by molar-refractivity contribution is 5.94. The normalized spacial score (nSPS) is 12.3. The minimum Gasteiger partial charge on any atom is -0.481 e. The highest BCUT2D eigenvalue weighted by Gasteiger charge is 2.24. The molecule has 6 rings (SSSR count). The molecule has 0 unspecified atom stereocenters. The van der Waals surface area contributed by atoms with Gasteiger partial charge in [-0.15, -0.1) is 0 Å². The number of carboxylic acid groups (broad SMARTS) is 2. The van der Waals surface area contributed by atoms with E-state index in [0.29, 0.717) is 16.8 Å². The summed E-state index contributed by atoms with van der Waals surface area (Å²) in [6.07, 6.45) is 8.38. The summed E-state index contributed by atoms with van der Waals surface area (Å²) in [6.45, 7) is 6.71. The quantitative estimate of drug-likeness (QED) is 0.125. The Balaban J connectivity index is 1.26. The maximum absolute atomic E-state index is 12.1. The molecule has 0 saturated carbocycles. The number of nitrogens with zero attached hydrogens (tertiary/aromatic N) is 4. The molecule has 3 aromatic heterocycles. The van der Waals surface area contributed by atoms with Crippen LogP contribution in [0.3, 0.4) is 0 Å². The van der Waals surface area contributed by atoms with Gasteiger partial charge >= 0.3 is 11.9 Å². The second-order valence-corrected chi connectivity index (χ2v) is 12.9. The topological polar surface area (TPSA) is 117 Å². The van der Waals surface area contributed by atoms with E-state index >= 15 is 0 Å². The number of aromatic carboxylic acids is 1. The molecule has 5 aromatic rings. The van der Waals surface area contributed by atoms with Crippen LogP contribution in [0.2, 0.25) is 0 Å². The van der Waals surface area contributed by atoms with Gasteiger partial charge in [-0.2, -0.15) is 0 Å². The zero-order chi connectivity index (χ0) is 34.3. The van der Waals surface area contributed by atoms with Crippen LogP contribution in [0.25, 0.3) is 22.5 Å². The van der Waals surface area contributed by atoms with Crippen LogP contribution in [0.1, 0.15) is 74.4 Å². The first-order valence-corrected chi connectivity index (χ1v) is 17.0. The molecular formula is C41H42N4O4. The Morgan fingerprint density at radius 1 is 0.755 bits per heavy atom. The van der Waals surface area contributed by atoms with Crippen LogP contribution in [0, 0.1) is 13.8 Å². The Labute approximate surface area is 287 Å². The summed E-state index contributed by atoms with van der Waals surface area (Å²) in [7, 11) is 0. The Bertz CT molecular complexity index is 1920. The Morgan fingerprint density at radius 2 is 1.45 bits per heavy atom. The number of rotatable bonds is 14. The van der Waals surface area contributed by atoms with Gasteiger partial charge in [-0.05, 0) is 110 Å². The summed E-state index contributed by atoms with van der Waals surface area (Å²) in [4.78, 5) is 40.1. The lowest BCUT2D eigenvalue weighted by atomic mass is 9.93. The van der Waals surface area contributed by atoms with Gasteiger partial charge in [-0.3, -0.25) is 19.7 Å². The summed E-state index contributed by atoms with van der Waals surface area (Å²) < 4.78 is 0. The van der Waals surface area contributed by atoms with Crippen LogP contribution in [0.4, 0.5) is 0 Å². The van der Waals surface area contributed by atoms with Crippen molar-refractivity contribution >= 4 is 11.9 Å². The van der Waals surface area contributed by atoms with Gasteiger partial charge in [0.15, 0.2) is 5.69 Å². The number of aryl methyl sites for hydroxylation is 3. The second-order valence-electron chi connectivity index (χ2n) is 12.9. The molecule has 49 heavy (non-hydrogen) atoms. The molecule has 0 radical (unpaired) electrons. The van der Waals surface area contributed by atoms with Gasteiger partial charge in [0.25, 0.3) is 0 Å². The number of aliphatic carboxylic acids is 1. The van der Waals surface area contributed by atoms with E-state index in [2.05, 4.69) is 76.6 Å². The molecule has 0 amide bonds. The zero-order valence-corrected chi connectivity index (χ0v) is 28.2. The average molecular weight is 655 g/mol. The number of fused-ring (bicyclic) bond motifs is 1. The van der Waals surface area contributed by atoms with Gasteiger partial charge in [0.05, 0.1) is 11.4 Å². The van der Waals surface area contributed by atoms with Crippen LogP contribution in [0.5, 0.6) is 0 Å². The Kier molecular flexibility index (Phi) is 10.5. The molecule has 2 aromatic carbocycles. The number of pyridine rings is 3. The van der Waals surface area contributed by atoms with Crippen molar-refractivity contribution in [3.8, 4) is 22.5 Å². The van der Waals surface area contributed by atoms with Gasteiger partial charge < -0.3 is 10.2 Å². The fraction of sp³-hybridized carbons (Fsp3) is 0.293. The van der Waals surface area contributed by atoms with E-state index in [-0.39, 0.29) is 18.5 Å². The van der Waals surface area contributed by atoms with Crippen molar-refractivity contribution in [2.45, 2.75) is 71.9 Å². The Hall–Kier alpha value is -5.21. The van der Waals surface area contributed by atoms with Gasteiger partial charge in [0.2, 0.25) is 0 Å². The molecule has 8 heteroatoms. The minimum absolute atomic E-state index is 0.0664. The maximum atomic E-state index is 12.1. The third kappa shape index (κ3) is 8.09. The molecule has 1 aliphatic carbocycles. The lowest BCUT2D eigenvalue weighted by Crippen LogP contribution is -2.24. The summed E-state index contributed by atoms with van der Waals surface area (Å²) >= 11 is 0. The number of aromatic nitrogens is 3. The van der Waals surface area contributed by atoms with Gasteiger partial charge in [0, 0.05) is 48.7 Å². The van der Waals surface area contributed by atoms with E-state index < -0.39 is 11.9 Å². The van der Waals surface area contributed by atoms with Gasteiger partial charge in [-0.25, -0.2) is 9.78 Å². The fourth-order valence-electron chi connectivity index (χ4n) is 6.83.